The monoisotopic (exact) mass is 270 g/mol. The van der Waals surface area contributed by atoms with Gasteiger partial charge < -0.3 is 14.6 Å². The predicted octanol–water partition coefficient (Wildman–Crippen LogP) is 1.69. The average Bonchev–Trinajstić information content (AvgIpc) is 2.83. The summed E-state index contributed by atoms with van der Waals surface area (Å²) < 4.78 is 4.72. The van der Waals surface area contributed by atoms with Gasteiger partial charge in [-0.3, -0.25) is 9.59 Å². The van der Waals surface area contributed by atoms with Gasteiger partial charge in [0.15, 0.2) is 0 Å². The normalized spacial score (nSPS) is 19.7. The number of hydrogen-bond donors (Lipinski definition) is 1. The van der Waals surface area contributed by atoms with Crippen LogP contribution in [0.25, 0.3) is 0 Å². The molecule has 1 amide bonds. The molecule has 2 rings (SSSR count). The Labute approximate surface area is 110 Å². The summed E-state index contributed by atoms with van der Waals surface area (Å²) in [4.78, 5) is 28.1. The molecule has 0 saturated carbocycles. The lowest BCUT2D eigenvalue weighted by Crippen LogP contribution is -2.42. The van der Waals surface area contributed by atoms with Gasteiger partial charge in [0.05, 0.1) is 18.1 Å². The van der Waals surface area contributed by atoms with Gasteiger partial charge in [-0.2, -0.15) is 0 Å². The summed E-state index contributed by atoms with van der Waals surface area (Å²) in [6, 6.07) is 1.59. The Morgan fingerprint density at radius 3 is 2.94 bits per heavy atom. The van der Waals surface area contributed by atoms with E-state index in [2.05, 4.69) is 4.98 Å². The lowest BCUT2D eigenvalue weighted by molar-refractivity contribution is -0.146. The topological polar surface area (TPSA) is 62.4 Å². The Kier molecular flexibility index (Phi) is 3.91. The van der Waals surface area contributed by atoms with Crippen LogP contribution in [-0.4, -0.2) is 42.0 Å². The first-order valence-corrected chi connectivity index (χ1v) is 6.20. The van der Waals surface area contributed by atoms with Crippen LogP contribution in [0.5, 0.6) is 0 Å². The molecular weight excluding hydrogens is 256 g/mol. The number of H-pyrrole nitrogens is 1. The third-order valence-corrected chi connectivity index (χ3v) is 3.34. The number of likely N-dealkylation sites (tertiary alicyclic amines) is 1. The number of aromatic nitrogens is 1. The van der Waals surface area contributed by atoms with Crippen LogP contribution in [0, 0.1) is 5.92 Å². The Bertz CT molecular complexity index is 458. The third kappa shape index (κ3) is 2.67. The second kappa shape index (κ2) is 5.44. The maximum absolute atomic E-state index is 12.2. The molecule has 1 aliphatic heterocycles. The van der Waals surface area contributed by atoms with Crippen LogP contribution in [0.1, 0.15) is 23.3 Å². The van der Waals surface area contributed by atoms with E-state index in [0.29, 0.717) is 23.8 Å². The number of halogens is 1. The molecule has 0 aliphatic carbocycles. The number of ether oxygens (including phenoxy) is 1. The van der Waals surface area contributed by atoms with E-state index in [1.165, 1.54) is 7.11 Å². The summed E-state index contributed by atoms with van der Waals surface area (Å²) in [5, 5.41) is 0.500. The zero-order chi connectivity index (χ0) is 13.1. The summed E-state index contributed by atoms with van der Waals surface area (Å²) in [6.45, 7) is 1.06. The lowest BCUT2D eigenvalue weighted by Gasteiger charge is -2.31. The number of methoxy groups -OCH3 is 1. The fourth-order valence-electron chi connectivity index (χ4n) is 2.18. The molecule has 0 radical (unpaired) electrons. The van der Waals surface area contributed by atoms with Gasteiger partial charge in [-0.05, 0) is 18.9 Å². The minimum atomic E-state index is -0.253. The number of carbonyl (C=O) groups excluding carboxylic acids is 2. The van der Waals surface area contributed by atoms with Crippen LogP contribution >= 0.6 is 11.6 Å². The predicted molar refractivity (Wildman–Crippen MR) is 66.4 cm³/mol. The first-order chi connectivity index (χ1) is 8.61. The number of esters is 1. The van der Waals surface area contributed by atoms with Crippen LogP contribution < -0.4 is 0 Å². The van der Waals surface area contributed by atoms with Crippen molar-refractivity contribution in [1.29, 1.82) is 0 Å². The van der Waals surface area contributed by atoms with E-state index in [9.17, 15) is 9.59 Å². The van der Waals surface area contributed by atoms with Gasteiger partial charge in [-0.25, -0.2) is 0 Å². The second-order valence-electron chi connectivity index (χ2n) is 4.35. The molecule has 2 heterocycles. The minimum Gasteiger partial charge on any atom is -0.469 e. The third-order valence-electron chi connectivity index (χ3n) is 3.12. The second-order valence-corrected chi connectivity index (χ2v) is 4.78. The fourth-order valence-corrected chi connectivity index (χ4v) is 2.35. The van der Waals surface area contributed by atoms with Crippen molar-refractivity contribution < 1.29 is 14.3 Å². The summed E-state index contributed by atoms with van der Waals surface area (Å²) in [5.74, 6) is -0.606. The highest BCUT2D eigenvalue weighted by Crippen LogP contribution is 2.20. The number of carbonyl (C=O) groups is 2. The van der Waals surface area contributed by atoms with Gasteiger partial charge in [0.25, 0.3) is 5.91 Å². The Balaban J connectivity index is 2.05. The standard InChI is InChI=1S/C12H15ClN2O3/c1-18-12(17)8-3-2-4-15(7-8)11(16)10-5-9(13)6-14-10/h5-6,8,14H,2-4,7H2,1H3/t8-/m0/s1. The van der Waals surface area contributed by atoms with Crippen molar-refractivity contribution in [3.05, 3.63) is 23.0 Å². The van der Waals surface area contributed by atoms with Gasteiger partial charge in [-0.15, -0.1) is 0 Å². The molecule has 1 aromatic heterocycles. The minimum absolute atomic E-state index is 0.129. The van der Waals surface area contributed by atoms with Crippen molar-refractivity contribution in [3.8, 4) is 0 Å². The molecule has 6 heteroatoms. The molecule has 0 spiro atoms. The van der Waals surface area contributed by atoms with Crippen molar-refractivity contribution in [2.75, 3.05) is 20.2 Å². The van der Waals surface area contributed by atoms with E-state index in [0.717, 1.165) is 12.8 Å². The molecular formula is C12H15ClN2O3. The van der Waals surface area contributed by atoms with Crippen molar-refractivity contribution >= 4 is 23.5 Å². The number of rotatable bonds is 2. The van der Waals surface area contributed by atoms with Gasteiger partial charge in [0.2, 0.25) is 0 Å². The highest BCUT2D eigenvalue weighted by Gasteiger charge is 2.29. The van der Waals surface area contributed by atoms with Crippen LogP contribution in [0.2, 0.25) is 5.02 Å². The molecule has 18 heavy (non-hydrogen) atoms. The maximum atomic E-state index is 12.2. The SMILES string of the molecule is COC(=O)[C@H]1CCCN(C(=O)c2cc(Cl)c[nH]2)C1. The Morgan fingerprint density at radius 2 is 2.33 bits per heavy atom. The van der Waals surface area contributed by atoms with Crippen LogP contribution in [0.3, 0.4) is 0 Å². The van der Waals surface area contributed by atoms with E-state index in [1.807, 2.05) is 0 Å². The number of amides is 1. The van der Waals surface area contributed by atoms with E-state index in [1.54, 1.807) is 17.2 Å². The molecule has 1 atom stereocenters. The van der Waals surface area contributed by atoms with Gasteiger partial charge in [0.1, 0.15) is 5.69 Å². The Hall–Kier alpha value is -1.49. The largest absolute Gasteiger partial charge is 0.469 e. The molecule has 0 unspecified atom stereocenters. The number of hydrogen-bond acceptors (Lipinski definition) is 3. The molecule has 0 aromatic carbocycles. The molecule has 1 saturated heterocycles. The zero-order valence-corrected chi connectivity index (χ0v) is 10.9. The number of nitrogens with zero attached hydrogens (tertiary/aromatic N) is 1. The average molecular weight is 271 g/mol. The fraction of sp³-hybridized carbons (Fsp3) is 0.500. The van der Waals surface area contributed by atoms with Crippen molar-refractivity contribution in [1.82, 2.24) is 9.88 Å². The van der Waals surface area contributed by atoms with E-state index in [4.69, 9.17) is 16.3 Å². The molecule has 0 bridgehead atoms. The maximum Gasteiger partial charge on any atom is 0.310 e. The van der Waals surface area contributed by atoms with Gasteiger partial charge in [0, 0.05) is 19.3 Å². The van der Waals surface area contributed by atoms with Gasteiger partial charge >= 0.3 is 5.97 Å². The van der Waals surface area contributed by atoms with E-state index >= 15 is 0 Å². The molecule has 98 valence electrons. The van der Waals surface area contributed by atoms with E-state index < -0.39 is 0 Å². The zero-order valence-electron chi connectivity index (χ0n) is 10.1. The first-order valence-electron chi connectivity index (χ1n) is 5.83. The number of nitrogens with one attached hydrogen (secondary N) is 1. The first kappa shape index (κ1) is 13.0. The molecule has 1 fully saturated rings. The Morgan fingerprint density at radius 1 is 1.56 bits per heavy atom. The molecule has 5 nitrogen and oxygen atoms in total. The van der Waals surface area contributed by atoms with Crippen molar-refractivity contribution in [3.63, 3.8) is 0 Å². The van der Waals surface area contributed by atoms with Crippen LogP contribution in [0.15, 0.2) is 12.3 Å². The van der Waals surface area contributed by atoms with E-state index in [-0.39, 0.29) is 17.8 Å². The molecule has 1 N–H and O–H groups in total. The highest BCUT2D eigenvalue weighted by atomic mass is 35.5. The lowest BCUT2D eigenvalue weighted by atomic mass is 9.98. The summed E-state index contributed by atoms with van der Waals surface area (Å²) >= 11 is 5.77. The molecule has 1 aromatic rings. The van der Waals surface area contributed by atoms with Crippen LogP contribution in [-0.2, 0) is 9.53 Å². The number of piperidine rings is 1. The van der Waals surface area contributed by atoms with Gasteiger partial charge in [-0.1, -0.05) is 11.6 Å². The van der Waals surface area contributed by atoms with Crippen LogP contribution in [0.4, 0.5) is 0 Å². The highest BCUT2D eigenvalue weighted by molar-refractivity contribution is 6.30. The van der Waals surface area contributed by atoms with Crippen molar-refractivity contribution in [2.45, 2.75) is 12.8 Å². The summed E-state index contributed by atoms with van der Waals surface area (Å²) in [7, 11) is 1.37. The quantitative estimate of drug-likeness (QED) is 0.832. The smallest absolute Gasteiger partial charge is 0.310 e. The summed E-state index contributed by atoms with van der Waals surface area (Å²) in [5.41, 5.74) is 0.450. The molecule has 1 aliphatic rings. The summed E-state index contributed by atoms with van der Waals surface area (Å²) in [6.07, 6.45) is 3.14. The van der Waals surface area contributed by atoms with Crippen molar-refractivity contribution in [2.24, 2.45) is 5.92 Å². The number of aromatic amines is 1.